The maximum absolute atomic E-state index is 6.80. The molecule has 0 unspecified atom stereocenters. The molecule has 0 saturated heterocycles. The molecule has 10 rings (SSSR count). The fourth-order valence-electron chi connectivity index (χ4n) is 7.03. The first-order chi connectivity index (χ1) is 23.3. The van der Waals surface area contributed by atoms with Gasteiger partial charge in [-0.1, -0.05) is 133 Å². The van der Waals surface area contributed by atoms with Crippen molar-refractivity contribution in [2.45, 2.75) is 0 Å². The standard InChI is InChI=1S/C43H25N3O/c1-3-9-26(10-4-1)32-22-17-27-13-7-15-33(35(27)25-32)42-44-41(31-11-5-2-6-12-31)45-43(46-42)34-24-23-30-21-20-29-19-18-28-14-8-16-36-37(28)38(29)39(30)40(34)47-36/h1-25H. The quantitative estimate of drug-likeness (QED) is 0.189. The van der Waals surface area contributed by atoms with E-state index in [-0.39, 0.29) is 0 Å². The van der Waals surface area contributed by atoms with Gasteiger partial charge in [-0.2, -0.15) is 0 Å². The Bertz CT molecular complexity index is 2700. The van der Waals surface area contributed by atoms with Gasteiger partial charge < -0.3 is 4.74 Å². The number of hydrogen-bond acceptors (Lipinski definition) is 4. The van der Waals surface area contributed by atoms with Crippen LogP contribution < -0.4 is 4.74 Å². The molecule has 0 spiro atoms. The second-order valence-corrected chi connectivity index (χ2v) is 12.0. The van der Waals surface area contributed by atoms with E-state index in [1.807, 2.05) is 36.4 Å². The lowest BCUT2D eigenvalue weighted by Gasteiger charge is -2.22. The average molecular weight is 600 g/mol. The molecule has 47 heavy (non-hydrogen) atoms. The molecule has 0 aliphatic carbocycles. The molecule has 0 atom stereocenters. The summed E-state index contributed by atoms with van der Waals surface area (Å²) in [5.41, 5.74) is 5.03. The first-order valence-corrected chi connectivity index (χ1v) is 15.8. The van der Waals surface area contributed by atoms with Gasteiger partial charge in [0.1, 0.15) is 11.5 Å². The Kier molecular flexibility index (Phi) is 5.54. The molecule has 1 aliphatic rings. The van der Waals surface area contributed by atoms with Crippen LogP contribution in [-0.4, -0.2) is 15.0 Å². The Labute approximate surface area is 270 Å². The number of hydrogen-bond donors (Lipinski definition) is 0. The molecule has 0 fully saturated rings. The summed E-state index contributed by atoms with van der Waals surface area (Å²) in [5.74, 6) is 3.44. The number of ether oxygens (including phenoxy) is 1. The third kappa shape index (κ3) is 4.05. The SMILES string of the molecule is c1ccc(-c2ccc3cccc(-c4nc(-c5ccccc5)nc(-c5ccc6ccc7ccc8cccc9c8c7c6c5O9)n4)c3c2)cc1. The van der Waals surface area contributed by atoms with Gasteiger partial charge in [0, 0.05) is 27.3 Å². The number of nitrogens with zero attached hydrogens (tertiary/aromatic N) is 3. The van der Waals surface area contributed by atoms with E-state index in [1.165, 1.54) is 16.3 Å². The molecule has 9 aromatic rings. The molecule has 0 bridgehead atoms. The molecule has 0 saturated carbocycles. The van der Waals surface area contributed by atoms with Gasteiger partial charge in [0.05, 0.1) is 5.56 Å². The van der Waals surface area contributed by atoms with Crippen LogP contribution in [0.1, 0.15) is 0 Å². The summed E-state index contributed by atoms with van der Waals surface area (Å²) in [7, 11) is 0. The van der Waals surface area contributed by atoms with Gasteiger partial charge in [-0.15, -0.1) is 0 Å². The lowest BCUT2D eigenvalue weighted by atomic mass is 9.92. The van der Waals surface area contributed by atoms with Crippen molar-refractivity contribution in [2.75, 3.05) is 0 Å². The highest BCUT2D eigenvalue weighted by Crippen LogP contribution is 2.50. The molecule has 4 heteroatoms. The molecule has 218 valence electrons. The van der Waals surface area contributed by atoms with E-state index < -0.39 is 0 Å². The topological polar surface area (TPSA) is 47.9 Å². The van der Waals surface area contributed by atoms with Gasteiger partial charge in [-0.25, -0.2) is 15.0 Å². The second-order valence-electron chi connectivity index (χ2n) is 12.0. The van der Waals surface area contributed by atoms with E-state index in [2.05, 4.69) is 115 Å². The van der Waals surface area contributed by atoms with Crippen molar-refractivity contribution in [1.82, 2.24) is 15.0 Å². The fourth-order valence-corrected chi connectivity index (χ4v) is 7.03. The Morgan fingerprint density at radius 2 is 0.957 bits per heavy atom. The number of aromatic nitrogens is 3. The highest BCUT2D eigenvalue weighted by molar-refractivity contribution is 6.26. The van der Waals surface area contributed by atoms with Crippen LogP contribution in [-0.2, 0) is 0 Å². The molecule has 0 radical (unpaired) electrons. The lowest BCUT2D eigenvalue weighted by molar-refractivity contribution is 0.494. The molecule has 2 heterocycles. The van der Waals surface area contributed by atoms with Crippen LogP contribution in [0.3, 0.4) is 0 Å². The summed E-state index contributed by atoms with van der Waals surface area (Å²) in [6.07, 6.45) is 0. The van der Waals surface area contributed by atoms with Gasteiger partial charge in [-0.3, -0.25) is 0 Å². The molecular weight excluding hydrogens is 574 g/mol. The maximum Gasteiger partial charge on any atom is 0.167 e. The minimum atomic E-state index is 0.575. The summed E-state index contributed by atoms with van der Waals surface area (Å²) in [6.45, 7) is 0. The van der Waals surface area contributed by atoms with Crippen molar-refractivity contribution in [2.24, 2.45) is 0 Å². The Morgan fingerprint density at radius 1 is 0.362 bits per heavy atom. The molecule has 1 aliphatic heterocycles. The Balaban J connectivity index is 1.25. The van der Waals surface area contributed by atoms with Crippen LogP contribution in [0, 0.1) is 0 Å². The van der Waals surface area contributed by atoms with E-state index >= 15 is 0 Å². The predicted molar refractivity (Wildman–Crippen MR) is 192 cm³/mol. The van der Waals surface area contributed by atoms with Crippen molar-refractivity contribution in [3.63, 3.8) is 0 Å². The maximum atomic E-state index is 6.80. The largest absolute Gasteiger partial charge is 0.455 e. The van der Waals surface area contributed by atoms with E-state index in [1.54, 1.807) is 0 Å². The third-order valence-electron chi connectivity index (χ3n) is 9.27. The van der Waals surface area contributed by atoms with Gasteiger partial charge >= 0.3 is 0 Å². The first-order valence-electron chi connectivity index (χ1n) is 15.8. The van der Waals surface area contributed by atoms with Crippen LogP contribution in [0.4, 0.5) is 0 Å². The molecule has 0 N–H and O–H groups in total. The average Bonchev–Trinajstić information content (AvgIpc) is 3.15. The van der Waals surface area contributed by atoms with Crippen molar-refractivity contribution in [3.05, 3.63) is 152 Å². The molecular formula is C43H25N3O. The zero-order chi connectivity index (χ0) is 30.9. The smallest absolute Gasteiger partial charge is 0.167 e. The van der Waals surface area contributed by atoms with Crippen LogP contribution in [0.5, 0.6) is 11.5 Å². The number of fused-ring (bicyclic) bond motifs is 1. The van der Waals surface area contributed by atoms with Crippen molar-refractivity contribution < 1.29 is 4.74 Å². The molecule has 0 amide bonds. The van der Waals surface area contributed by atoms with Crippen molar-refractivity contribution in [3.8, 4) is 56.8 Å². The van der Waals surface area contributed by atoms with Crippen LogP contribution >= 0.6 is 0 Å². The summed E-state index contributed by atoms with van der Waals surface area (Å²) < 4.78 is 6.80. The van der Waals surface area contributed by atoms with E-state index in [4.69, 9.17) is 19.7 Å². The Morgan fingerprint density at radius 3 is 1.74 bits per heavy atom. The fraction of sp³-hybridized carbons (Fsp3) is 0. The highest BCUT2D eigenvalue weighted by Gasteiger charge is 2.24. The number of rotatable bonds is 4. The zero-order valence-corrected chi connectivity index (χ0v) is 25.2. The van der Waals surface area contributed by atoms with Crippen molar-refractivity contribution >= 4 is 43.1 Å². The first kappa shape index (κ1) is 25.9. The predicted octanol–water partition coefficient (Wildman–Crippen LogP) is 11.3. The third-order valence-corrected chi connectivity index (χ3v) is 9.27. The summed E-state index contributed by atoms with van der Waals surface area (Å²) in [4.78, 5) is 15.4. The monoisotopic (exact) mass is 599 g/mol. The van der Waals surface area contributed by atoms with E-state index in [0.717, 1.165) is 66.1 Å². The minimum absolute atomic E-state index is 0.575. The van der Waals surface area contributed by atoms with Gasteiger partial charge in [0.15, 0.2) is 17.5 Å². The summed E-state index contributed by atoms with van der Waals surface area (Å²) >= 11 is 0. The highest BCUT2D eigenvalue weighted by atomic mass is 16.5. The second kappa shape index (κ2) is 10.1. The van der Waals surface area contributed by atoms with Gasteiger partial charge in [0.2, 0.25) is 0 Å². The van der Waals surface area contributed by atoms with E-state index in [0.29, 0.717) is 17.5 Å². The molecule has 1 aromatic heterocycles. The minimum Gasteiger partial charge on any atom is -0.455 e. The molecule has 8 aromatic carbocycles. The van der Waals surface area contributed by atoms with Crippen LogP contribution in [0.2, 0.25) is 0 Å². The summed E-state index contributed by atoms with van der Waals surface area (Å²) in [5, 5.41) is 9.13. The normalized spacial score (nSPS) is 12.0. The van der Waals surface area contributed by atoms with Crippen molar-refractivity contribution in [1.29, 1.82) is 0 Å². The zero-order valence-electron chi connectivity index (χ0n) is 25.2. The van der Waals surface area contributed by atoms with E-state index in [9.17, 15) is 0 Å². The summed E-state index contributed by atoms with van der Waals surface area (Å²) in [6, 6.07) is 52.7. The Hall–Kier alpha value is -6.39. The van der Waals surface area contributed by atoms with Gasteiger partial charge in [-0.05, 0) is 56.3 Å². The van der Waals surface area contributed by atoms with Crippen LogP contribution in [0.25, 0.3) is 88.4 Å². The lowest BCUT2D eigenvalue weighted by Crippen LogP contribution is -2.03. The number of benzene rings is 8. The molecule has 4 nitrogen and oxygen atoms in total. The van der Waals surface area contributed by atoms with Gasteiger partial charge in [0.25, 0.3) is 0 Å². The van der Waals surface area contributed by atoms with Crippen LogP contribution in [0.15, 0.2) is 152 Å².